The summed E-state index contributed by atoms with van der Waals surface area (Å²) in [6.45, 7) is 6.99. The fourth-order valence-corrected chi connectivity index (χ4v) is 0.633. The van der Waals surface area contributed by atoms with Gasteiger partial charge in [0.15, 0.2) is 0 Å². The quantitative estimate of drug-likeness (QED) is 0.646. The molecular weight excluding hydrogens is 154 g/mol. The molecule has 0 rings (SSSR count). The number of unbranched alkanes of at least 4 members (excludes halogenated alkanes) is 1. The Morgan fingerprint density at radius 2 is 2.00 bits per heavy atom. The Morgan fingerprint density at radius 3 is 2.42 bits per heavy atom. The normalized spacial score (nSPS) is 9.17. The lowest BCUT2D eigenvalue weighted by atomic mass is 10.2. The van der Waals surface area contributed by atoms with Crippen molar-refractivity contribution >= 4 is 11.8 Å². The summed E-state index contributed by atoms with van der Waals surface area (Å²) >= 11 is 0. The van der Waals surface area contributed by atoms with Crippen molar-refractivity contribution in [2.24, 2.45) is 0 Å². The molecule has 0 atom stereocenters. The van der Waals surface area contributed by atoms with Crippen LogP contribution in [0.2, 0.25) is 0 Å². The lowest BCUT2D eigenvalue weighted by Gasteiger charge is -2.01. The molecular formula is C9H15NO2. The van der Waals surface area contributed by atoms with Crippen LogP contribution in [0.25, 0.3) is 0 Å². The predicted octanol–water partition coefficient (Wildman–Crippen LogP) is 1.40. The molecule has 68 valence electrons. The summed E-state index contributed by atoms with van der Waals surface area (Å²) in [4.78, 5) is 21.8. The third kappa shape index (κ3) is 4.66. The highest BCUT2D eigenvalue weighted by molar-refractivity contribution is 6.03. The van der Waals surface area contributed by atoms with Crippen molar-refractivity contribution in [1.82, 2.24) is 5.32 Å². The van der Waals surface area contributed by atoms with Gasteiger partial charge >= 0.3 is 0 Å². The lowest BCUT2D eigenvalue weighted by Crippen LogP contribution is -2.30. The molecule has 0 aliphatic carbocycles. The Labute approximate surface area is 72.8 Å². The molecule has 0 aromatic rings. The third-order valence-electron chi connectivity index (χ3n) is 1.40. The van der Waals surface area contributed by atoms with Crippen molar-refractivity contribution in [3.63, 3.8) is 0 Å². The molecule has 0 fully saturated rings. The minimum Gasteiger partial charge on any atom is -0.293 e. The first kappa shape index (κ1) is 10.9. The molecule has 0 aromatic carbocycles. The van der Waals surface area contributed by atoms with Crippen molar-refractivity contribution < 1.29 is 9.59 Å². The molecule has 12 heavy (non-hydrogen) atoms. The zero-order chi connectivity index (χ0) is 9.56. The predicted molar refractivity (Wildman–Crippen MR) is 47.5 cm³/mol. The zero-order valence-corrected chi connectivity index (χ0v) is 7.64. The van der Waals surface area contributed by atoms with Gasteiger partial charge in [-0.2, -0.15) is 0 Å². The second-order valence-electron chi connectivity index (χ2n) is 2.76. The number of carbonyl (C=O) groups excluding carboxylic acids is 2. The molecule has 0 aliphatic rings. The Balaban J connectivity index is 3.69. The fraction of sp³-hybridized carbons (Fsp3) is 0.556. The lowest BCUT2D eigenvalue weighted by molar-refractivity contribution is -0.128. The number of rotatable bonds is 4. The number of imide groups is 1. The van der Waals surface area contributed by atoms with Crippen LogP contribution >= 0.6 is 0 Å². The van der Waals surface area contributed by atoms with Gasteiger partial charge in [0, 0.05) is 12.0 Å². The van der Waals surface area contributed by atoms with Gasteiger partial charge in [0.25, 0.3) is 5.91 Å². The molecule has 1 N–H and O–H groups in total. The van der Waals surface area contributed by atoms with E-state index in [1.165, 1.54) is 0 Å². The van der Waals surface area contributed by atoms with E-state index in [0.29, 0.717) is 12.0 Å². The molecule has 0 bridgehead atoms. The van der Waals surface area contributed by atoms with Crippen LogP contribution in [0.3, 0.4) is 0 Å². The van der Waals surface area contributed by atoms with Gasteiger partial charge in [0.05, 0.1) is 0 Å². The highest BCUT2D eigenvalue weighted by Crippen LogP contribution is 1.94. The number of hydrogen-bond donors (Lipinski definition) is 1. The summed E-state index contributed by atoms with van der Waals surface area (Å²) in [6.07, 6.45) is 2.18. The summed E-state index contributed by atoms with van der Waals surface area (Å²) in [5.74, 6) is -0.596. The van der Waals surface area contributed by atoms with Crippen molar-refractivity contribution in [2.45, 2.75) is 33.1 Å². The smallest absolute Gasteiger partial charge is 0.252 e. The van der Waals surface area contributed by atoms with Gasteiger partial charge in [0.1, 0.15) is 0 Å². The van der Waals surface area contributed by atoms with Crippen LogP contribution in [-0.2, 0) is 9.59 Å². The van der Waals surface area contributed by atoms with Crippen molar-refractivity contribution in [1.29, 1.82) is 0 Å². The zero-order valence-electron chi connectivity index (χ0n) is 7.64. The van der Waals surface area contributed by atoms with Crippen molar-refractivity contribution in [3.05, 3.63) is 12.2 Å². The maximum Gasteiger partial charge on any atom is 0.252 e. The Kier molecular flexibility index (Phi) is 5.00. The molecule has 2 amide bonds. The molecule has 3 nitrogen and oxygen atoms in total. The maximum absolute atomic E-state index is 10.9. The minimum atomic E-state index is -0.379. The van der Waals surface area contributed by atoms with Gasteiger partial charge in [-0.25, -0.2) is 0 Å². The largest absolute Gasteiger partial charge is 0.293 e. The number of hydrogen-bond acceptors (Lipinski definition) is 2. The van der Waals surface area contributed by atoms with E-state index in [9.17, 15) is 9.59 Å². The number of amides is 2. The van der Waals surface area contributed by atoms with Crippen LogP contribution in [0.4, 0.5) is 0 Å². The third-order valence-corrected chi connectivity index (χ3v) is 1.40. The Bertz CT molecular complexity index is 197. The monoisotopic (exact) mass is 169 g/mol. The number of carbonyl (C=O) groups is 2. The van der Waals surface area contributed by atoms with E-state index < -0.39 is 0 Å². The van der Waals surface area contributed by atoms with Crippen molar-refractivity contribution in [2.75, 3.05) is 0 Å². The Morgan fingerprint density at radius 1 is 1.42 bits per heavy atom. The van der Waals surface area contributed by atoms with Crippen LogP contribution in [0.15, 0.2) is 12.2 Å². The highest BCUT2D eigenvalue weighted by atomic mass is 16.2. The highest BCUT2D eigenvalue weighted by Gasteiger charge is 2.06. The second kappa shape index (κ2) is 5.52. The second-order valence-corrected chi connectivity index (χ2v) is 2.76. The van der Waals surface area contributed by atoms with Gasteiger partial charge in [0.2, 0.25) is 5.91 Å². The van der Waals surface area contributed by atoms with E-state index in [4.69, 9.17) is 0 Å². The maximum atomic E-state index is 10.9. The van der Waals surface area contributed by atoms with Crippen LogP contribution in [0.5, 0.6) is 0 Å². The minimum absolute atomic E-state index is 0.218. The first-order chi connectivity index (χ1) is 5.57. The van der Waals surface area contributed by atoms with Crippen LogP contribution in [0, 0.1) is 0 Å². The Hall–Kier alpha value is -1.12. The van der Waals surface area contributed by atoms with E-state index in [-0.39, 0.29) is 11.8 Å². The van der Waals surface area contributed by atoms with Gasteiger partial charge < -0.3 is 0 Å². The molecule has 0 saturated carbocycles. The van der Waals surface area contributed by atoms with Crippen molar-refractivity contribution in [3.8, 4) is 0 Å². The summed E-state index contributed by atoms with van der Waals surface area (Å²) in [7, 11) is 0. The van der Waals surface area contributed by atoms with E-state index in [2.05, 4.69) is 11.9 Å². The van der Waals surface area contributed by atoms with E-state index in [1.807, 2.05) is 6.92 Å². The first-order valence-electron chi connectivity index (χ1n) is 4.07. The molecule has 0 unspecified atom stereocenters. The standard InChI is InChI=1S/C9H15NO2/c1-4-5-6-8(11)10-9(12)7(2)3/h2,4-6H2,1,3H3,(H,10,11,12). The average Bonchev–Trinajstić information content (AvgIpc) is 2.00. The fourth-order valence-electron chi connectivity index (χ4n) is 0.633. The molecule has 0 heterocycles. The van der Waals surface area contributed by atoms with E-state index in [1.54, 1.807) is 6.92 Å². The van der Waals surface area contributed by atoms with Gasteiger partial charge in [-0.1, -0.05) is 19.9 Å². The molecule has 0 spiro atoms. The van der Waals surface area contributed by atoms with Gasteiger partial charge in [-0.05, 0) is 13.3 Å². The molecule has 0 aliphatic heterocycles. The molecule has 3 heteroatoms. The SMILES string of the molecule is C=C(C)C(=O)NC(=O)CCCC. The summed E-state index contributed by atoms with van der Waals surface area (Å²) in [6, 6.07) is 0. The van der Waals surface area contributed by atoms with Crippen LogP contribution in [-0.4, -0.2) is 11.8 Å². The topological polar surface area (TPSA) is 46.2 Å². The molecule has 0 saturated heterocycles. The summed E-state index contributed by atoms with van der Waals surface area (Å²) in [5, 5.41) is 2.24. The average molecular weight is 169 g/mol. The number of nitrogens with one attached hydrogen (secondary N) is 1. The molecule has 0 radical (unpaired) electrons. The van der Waals surface area contributed by atoms with E-state index in [0.717, 1.165) is 12.8 Å². The van der Waals surface area contributed by atoms with Crippen LogP contribution < -0.4 is 5.32 Å². The van der Waals surface area contributed by atoms with Gasteiger partial charge in [-0.15, -0.1) is 0 Å². The molecule has 0 aromatic heterocycles. The summed E-state index contributed by atoms with van der Waals surface area (Å²) < 4.78 is 0. The van der Waals surface area contributed by atoms with Crippen LogP contribution in [0.1, 0.15) is 33.1 Å². The first-order valence-corrected chi connectivity index (χ1v) is 4.07. The van der Waals surface area contributed by atoms with Gasteiger partial charge in [-0.3, -0.25) is 14.9 Å². The summed E-state index contributed by atoms with van der Waals surface area (Å²) in [5.41, 5.74) is 0.361. The van der Waals surface area contributed by atoms with E-state index >= 15 is 0 Å².